The van der Waals surface area contributed by atoms with E-state index in [4.69, 9.17) is 17.3 Å². The van der Waals surface area contributed by atoms with E-state index in [1.54, 1.807) is 12.1 Å². The maximum Gasteiger partial charge on any atom is 0.181 e. The van der Waals surface area contributed by atoms with E-state index in [-0.39, 0.29) is 12.2 Å². The van der Waals surface area contributed by atoms with Gasteiger partial charge in [-0.1, -0.05) is 29.8 Å². The van der Waals surface area contributed by atoms with Crippen LogP contribution in [0.2, 0.25) is 5.02 Å². The summed E-state index contributed by atoms with van der Waals surface area (Å²) in [5.74, 6) is 0.709. The van der Waals surface area contributed by atoms with E-state index in [9.17, 15) is 4.39 Å². The molecule has 112 valence electrons. The number of hydrogen-bond acceptors (Lipinski definition) is 3. The summed E-state index contributed by atoms with van der Waals surface area (Å²) < 4.78 is 13.8. The number of aromatic nitrogens is 3. The van der Waals surface area contributed by atoms with Crippen molar-refractivity contribution in [3.05, 3.63) is 64.2 Å². The van der Waals surface area contributed by atoms with Gasteiger partial charge in [0, 0.05) is 28.3 Å². The Morgan fingerprint density at radius 3 is 2.82 bits per heavy atom. The minimum Gasteiger partial charge on any atom is -0.398 e. The van der Waals surface area contributed by atoms with E-state index >= 15 is 0 Å². The summed E-state index contributed by atoms with van der Waals surface area (Å²) in [6, 6.07) is 10.2. The molecule has 3 rings (SSSR count). The summed E-state index contributed by atoms with van der Waals surface area (Å²) in [6.07, 6.45) is 0.250. The first-order valence-electron chi connectivity index (χ1n) is 6.75. The Balaban J connectivity index is 1.89. The fourth-order valence-electron chi connectivity index (χ4n) is 2.15. The largest absolute Gasteiger partial charge is 0.398 e. The van der Waals surface area contributed by atoms with Crippen LogP contribution in [-0.2, 0) is 6.42 Å². The molecule has 0 saturated heterocycles. The fraction of sp³-hybridized carbons (Fsp3) is 0.125. The van der Waals surface area contributed by atoms with Gasteiger partial charge in [-0.2, -0.15) is 5.10 Å². The zero-order chi connectivity index (χ0) is 15.7. The maximum atomic E-state index is 13.8. The Hall–Kier alpha value is -2.40. The van der Waals surface area contributed by atoms with Crippen LogP contribution in [0.3, 0.4) is 0 Å². The Kier molecular flexibility index (Phi) is 3.81. The number of anilines is 1. The molecule has 0 saturated carbocycles. The van der Waals surface area contributed by atoms with Crippen LogP contribution in [0.4, 0.5) is 10.1 Å². The van der Waals surface area contributed by atoms with Crippen LogP contribution < -0.4 is 5.73 Å². The van der Waals surface area contributed by atoms with Gasteiger partial charge in [0.25, 0.3) is 0 Å². The summed E-state index contributed by atoms with van der Waals surface area (Å²) >= 11 is 6.02. The Bertz CT molecular complexity index is 809. The van der Waals surface area contributed by atoms with Gasteiger partial charge < -0.3 is 5.73 Å². The number of nitrogens with zero attached hydrogens (tertiary/aromatic N) is 2. The summed E-state index contributed by atoms with van der Waals surface area (Å²) in [5.41, 5.74) is 8.78. The minimum atomic E-state index is -0.356. The van der Waals surface area contributed by atoms with Crippen LogP contribution in [0.1, 0.15) is 17.0 Å². The van der Waals surface area contributed by atoms with Gasteiger partial charge >= 0.3 is 0 Å². The third-order valence-corrected chi connectivity index (χ3v) is 3.83. The molecule has 0 radical (unpaired) electrons. The monoisotopic (exact) mass is 316 g/mol. The van der Waals surface area contributed by atoms with E-state index in [0.29, 0.717) is 27.9 Å². The molecule has 3 N–H and O–H groups in total. The van der Waals surface area contributed by atoms with Crippen molar-refractivity contribution in [1.29, 1.82) is 0 Å². The summed E-state index contributed by atoms with van der Waals surface area (Å²) in [5, 5.41) is 7.34. The standard InChI is InChI=1S/C16H14ClFN4/c1-9-5-6-10(7-14(9)19)16-20-15(21-22-16)8-11-12(17)3-2-4-13(11)18/h2-7H,8,19H2,1H3,(H,20,21,22). The smallest absolute Gasteiger partial charge is 0.181 e. The number of nitrogens with one attached hydrogen (secondary N) is 1. The molecule has 1 aromatic heterocycles. The van der Waals surface area contributed by atoms with Gasteiger partial charge in [0.05, 0.1) is 0 Å². The molecule has 4 nitrogen and oxygen atoms in total. The van der Waals surface area contributed by atoms with Gasteiger partial charge in [-0.05, 0) is 30.7 Å². The molecule has 22 heavy (non-hydrogen) atoms. The lowest BCUT2D eigenvalue weighted by molar-refractivity contribution is 0.612. The first kappa shape index (κ1) is 14.5. The molecule has 0 aliphatic rings. The van der Waals surface area contributed by atoms with E-state index < -0.39 is 0 Å². The molecule has 0 aliphatic heterocycles. The maximum absolute atomic E-state index is 13.8. The fourth-order valence-corrected chi connectivity index (χ4v) is 2.38. The Labute approximate surface area is 132 Å². The quantitative estimate of drug-likeness (QED) is 0.723. The molecule has 6 heteroatoms. The lowest BCUT2D eigenvalue weighted by atomic mass is 10.1. The first-order valence-corrected chi connectivity index (χ1v) is 7.13. The number of aromatic amines is 1. The van der Waals surface area contributed by atoms with E-state index in [2.05, 4.69) is 15.2 Å². The highest BCUT2D eigenvalue weighted by Gasteiger charge is 2.12. The summed E-state index contributed by atoms with van der Waals surface area (Å²) in [7, 11) is 0. The molecular weight excluding hydrogens is 303 g/mol. The summed E-state index contributed by atoms with van der Waals surface area (Å²) in [4.78, 5) is 4.38. The van der Waals surface area contributed by atoms with Gasteiger partial charge in [0.2, 0.25) is 0 Å². The zero-order valence-electron chi connectivity index (χ0n) is 11.9. The topological polar surface area (TPSA) is 67.6 Å². The van der Waals surface area contributed by atoms with Gasteiger partial charge in [-0.15, -0.1) is 0 Å². The molecule has 0 atom stereocenters. The third-order valence-electron chi connectivity index (χ3n) is 3.48. The van der Waals surface area contributed by atoms with Crippen molar-refractivity contribution in [1.82, 2.24) is 15.2 Å². The van der Waals surface area contributed by atoms with Crippen molar-refractivity contribution in [3.63, 3.8) is 0 Å². The highest BCUT2D eigenvalue weighted by Crippen LogP contribution is 2.23. The SMILES string of the molecule is Cc1ccc(-c2n[nH]c(Cc3c(F)cccc3Cl)n2)cc1N. The number of benzene rings is 2. The van der Waals surface area contributed by atoms with Crippen molar-refractivity contribution >= 4 is 17.3 Å². The Morgan fingerprint density at radius 1 is 1.27 bits per heavy atom. The lowest BCUT2D eigenvalue weighted by Crippen LogP contribution is -1.96. The molecule has 0 spiro atoms. The molecule has 2 aromatic carbocycles. The minimum absolute atomic E-state index is 0.250. The van der Waals surface area contributed by atoms with Crippen LogP contribution in [0.5, 0.6) is 0 Å². The number of aryl methyl sites for hydroxylation is 1. The molecular formula is C16H14ClFN4. The highest BCUT2D eigenvalue weighted by molar-refractivity contribution is 6.31. The van der Waals surface area contributed by atoms with Crippen LogP contribution in [0.15, 0.2) is 36.4 Å². The predicted molar refractivity (Wildman–Crippen MR) is 85.2 cm³/mol. The van der Waals surface area contributed by atoms with Crippen LogP contribution in [0.25, 0.3) is 11.4 Å². The molecule has 3 aromatic rings. The second-order valence-corrected chi connectivity index (χ2v) is 5.46. The second-order valence-electron chi connectivity index (χ2n) is 5.05. The van der Waals surface area contributed by atoms with E-state index in [0.717, 1.165) is 11.1 Å². The number of halogens is 2. The first-order chi connectivity index (χ1) is 10.5. The number of hydrogen-bond donors (Lipinski definition) is 2. The van der Waals surface area contributed by atoms with Crippen molar-refractivity contribution in [3.8, 4) is 11.4 Å². The molecule has 0 bridgehead atoms. The average molecular weight is 317 g/mol. The zero-order valence-corrected chi connectivity index (χ0v) is 12.7. The van der Waals surface area contributed by atoms with Gasteiger partial charge in [0.15, 0.2) is 5.82 Å². The number of H-pyrrole nitrogens is 1. The summed E-state index contributed by atoms with van der Waals surface area (Å²) in [6.45, 7) is 1.93. The average Bonchev–Trinajstić information content (AvgIpc) is 2.95. The van der Waals surface area contributed by atoms with Crippen LogP contribution >= 0.6 is 11.6 Å². The second kappa shape index (κ2) is 5.77. The number of rotatable bonds is 3. The van der Waals surface area contributed by atoms with Crippen molar-refractivity contribution in [2.75, 3.05) is 5.73 Å². The normalized spacial score (nSPS) is 10.9. The van der Waals surface area contributed by atoms with E-state index in [1.165, 1.54) is 6.07 Å². The van der Waals surface area contributed by atoms with Crippen molar-refractivity contribution in [2.24, 2.45) is 0 Å². The van der Waals surface area contributed by atoms with E-state index in [1.807, 2.05) is 25.1 Å². The molecule has 0 aliphatic carbocycles. The van der Waals surface area contributed by atoms with Crippen LogP contribution in [0, 0.1) is 12.7 Å². The van der Waals surface area contributed by atoms with Crippen molar-refractivity contribution < 1.29 is 4.39 Å². The number of nitrogens with two attached hydrogens (primary N) is 1. The van der Waals surface area contributed by atoms with Gasteiger partial charge in [-0.3, -0.25) is 5.10 Å². The highest BCUT2D eigenvalue weighted by atomic mass is 35.5. The molecule has 0 fully saturated rings. The van der Waals surface area contributed by atoms with Crippen LogP contribution in [-0.4, -0.2) is 15.2 Å². The lowest BCUT2D eigenvalue weighted by Gasteiger charge is -2.03. The Morgan fingerprint density at radius 2 is 2.09 bits per heavy atom. The van der Waals surface area contributed by atoms with Gasteiger partial charge in [0.1, 0.15) is 11.6 Å². The molecule has 0 unspecified atom stereocenters. The van der Waals surface area contributed by atoms with Crippen molar-refractivity contribution in [2.45, 2.75) is 13.3 Å². The third kappa shape index (κ3) is 2.80. The molecule has 1 heterocycles. The number of nitrogen functional groups attached to an aromatic ring is 1. The molecule has 0 amide bonds. The van der Waals surface area contributed by atoms with Gasteiger partial charge in [-0.25, -0.2) is 9.37 Å². The predicted octanol–water partition coefficient (Wildman–Crippen LogP) is 3.75.